The number of aliphatic hydroxyl groups is 17. The summed E-state index contributed by atoms with van der Waals surface area (Å²) in [5.41, 5.74) is 0. The smallest absolute Gasteiger partial charge is 0.364 e. The van der Waals surface area contributed by atoms with Gasteiger partial charge in [0.2, 0.25) is 23.6 Å². The van der Waals surface area contributed by atoms with Gasteiger partial charge in [-0.15, -0.1) is 0 Å². The number of allylic oxidation sites excluding steroid dienone is 1. The number of amides is 4. The van der Waals surface area contributed by atoms with Crippen molar-refractivity contribution in [2.45, 2.75) is 467 Å². The fourth-order valence-electron chi connectivity index (χ4n) is 17.5. The van der Waals surface area contributed by atoms with E-state index in [0.717, 1.165) is 85.0 Å². The molecule has 5 aliphatic rings. The van der Waals surface area contributed by atoms with Crippen molar-refractivity contribution < 1.29 is 183 Å². The number of unbranched alkanes of at least 4 members (excludes halogenated alkanes) is 33. The van der Waals surface area contributed by atoms with Crippen LogP contribution in [0.15, 0.2) is 12.2 Å². The molecule has 0 bridgehead atoms. The van der Waals surface area contributed by atoms with Crippen molar-refractivity contribution in [3.63, 3.8) is 0 Å². The molecule has 4 amide bonds. The van der Waals surface area contributed by atoms with Crippen LogP contribution in [0.25, 0.3) is 0 Å². The number of aliphatic carboxylic acids is 3. The molecule has 0 aromatic carbocycles. The molecule has 0 aromatic heterocycles. The van der Waals surface area contributed by atoms with Crippen molar-refractivity contribution in [3.05, 3.63) is 12.2 Å². The summed E-state index contributed by atoms with van der Waals surface area (Å²) in [5.74, 6) is -20.6. The lowest BCUT2D eigenvalue weighted by Gasteiger charge is -2.51. The Labute approximate surface area is 761 Å². The summed E-state index contributed by atoms with van der Waals surface area (Å²) in [4.78, 5) is 92.3. The van der Waals surface area contributed by atoms with Gasteiger partial charge in [0.25, 0.3) is 17.4 Å². The number of carbonyl (C=O) groups excluding carboxylic acids is 4. The monoisotopic (exact) mass is 1880 g/mol. The number of rotatable bonds is 67. The first-order valence-corrected chi connectivity index (χ1v) is 47.3. The summed E-state index contributed by atoms with van der Waals surface area (Å²) >= 11 is 0. The van der Waals surface area contributed by atoms with Gasteiger partial charge >= 0.3 is 17.9 Å². The number of ether oxygens (including phenoxy) is 10. The minimum Gasteiger partial charge on any atom is -0.477 e. The van der Waals surface area contributed by atoms with Gasteiger partial charge in [0, 0.05) is 46.5 Å². The topological polar surface area (TPSA) is 665 Å². The maximum absolute atomic E-state index is 13.9. The zero-order chi connectivity index (χ0) is 96.3. The van der Waals surface area contributed by atoms with Gasteiger partial charge in [-0.1, -0.05) is 231 Å². The first-order valence-electron chi connectivity index (χ1n) is 47.3. The van der Waals surface area contributed by atoms with Gasteiger partial charge in [0.15, 0.2) is 12.6 Å². The molecule has 30 atom stereocenters. The van der Waals surface area contributed by atoms with E-state index in [1.807, 2.05) is 0 Å². The molecule has 41 nitrogen and oxygen atoms in total. The summed E-state index contributed by atoms with van der Waals surface area (Å²) in [5, 5.41) is 235. The molecule has 0 saturated carbocycles. The normalized spacial score (nSPS) is 31.5. The lowest BCUT2D eigenvalue weighted by atomic mass is 9.86. The zero-order valence-corrected chi connectivity index (χ0v) is 76.4. The highest BCUT2D eigenvalue weighted by Crippen LogP contribution is 2.43. The molecule has 0 radical (unpaired) electrons. The van der Waals surface area contributed by atoms with E-state index in [2.05, 4.69) is 35.1 Å². The molecule has 24 N–H and O–H groups in total. The van der Waals surface area contributed by atoms with Crippen LogP contribution in [0.2, 0.25) is 0 Å². The van der Waals surface area contributed by atoms with Crippen LogP contribution < -0.4 is 21.3 Å². The third kappa shape index (κ3) is 36.1. The van der Waals surface area contributed by atoms with E-state index in [1.54, 1.807) is 6.08 Å². The minimum absolute atomic E-state index is 0.123. The largest absolute Gasteiger partial charge is 0.477 e. The number of aliphatic hydroxyl groups excluding tert-OH is 17. The van der Waals surface area contributed by atoms with Gasteiger partial charge in [-0.3, -0.25) is 19.2 Å². The maximum Gasteiger partial charge on any atom is 0.364 e. The van der Waals surface area contributed by atoms with E-state index in [4.69, 9.17) is 47.4 Å². The fourth-order valence-corrected chi connectivity index (χ4v) is 17.5. The van der Waals surface area contributed by atoms with E-state index < -0.39 is 283 Å². The molecule has 5 fully saturated rings. The number of carboxylic acid groups (broad SMARTS) is 3. The molecule has 10 unspecified atom stereocenters. The van der Waals surface area contributed by atoms with Crippen LogP contribution in [-0.2, 0) is 80.9 Å². The van der Waals surface area contributed by atoms with Gasteiger partial charge in [-0.05, 0) is 19.3 Å². The van der Waals surface area contributed by atoms with Gasteiger partial charge in [-0.25, -0.2) is 14.4 Å². The molecule has 41 heteroatoms. The third-order valence-electron chi connectivity index (χ3n) is 25.0. The SMILES string of the molecule is CCCCCCCCCCCCC/C=C/[C@@H](O)[C@H](CO[C@@H]1OC(CO)[C@@H](O[C@@H]2OC(CO)[C@H](O)[C@H](O[C@]3(C(=O)O)CC(O)[C@@H](NC(C)=O)C([C@H](O)[C@@H](CO)O[C@]4(C(=O)O)CC(O)[C@@H](NC(C)=O)C([C@H](O)[C@@H](CO)O[C@]5(C(=O)O)CC(O)[C@@H](NC(C)=O)C([C@H](O)[C@H](O)CO)O5)O4)O3)C2O)[C@H](O)C1O)NC(=O)CCCCCCCCCCCCCCCCCCCCCCCCC. The Kier molecular flexibility index (Phi) is 53.7. The first kappa shape index (κ1) is 115. The third-order valence-corrected chi connectivity index (χ3v) is 25.0. The predicted molar refractivity (Wildman–Crippen MR) is 461 cm³/mol. The number of hydrogen-bond donors (Lipinski definition) is 24. The van der Waals surface area contributed by atoms with Crippen molar-refractivity contribution in [3.8, 4) is 0 Å². The van der Waals surface area contributed by atoms with Crippen LogP contribution >= 0.6 is 0 Å². The summed E-state index contributed by atoms with van der Waals surface area (Å²) in [6.45, 7) is -0.0348. The van der Waals surface area contributed by atoms with Crippen LogP contribution in [-0.4, -0.2) is 366 Å². The van der Waals surface area contributed by atoms with Crippen LogP contribution in [0.4, 0.5) is 0 Å². The van der Waals surface area contributed by atoms with Crippen LogP contribution in [0.3, 0.4) is 0 Å². The van der Waals surface area contributed by atoms with Crippen molar-refractivity contribution in [2.24, 2.45) is 0 Å². The number of hydrogen-bond acceptors (Lipinski definition) is 34. The van der Waals surface area contributed by atoms with Gasteiger partial charge in [-0.2, -0.15) is 0 Å². The second-order valence-corrected chi connectivity index (χ2v) is 35.7. The van der Waals surface area contributed by atoms with Gasteiger partial charge < -0.3 is 171 Å². The molecule has 5 aliphatic heterocycles. The van der Waals surface area contributed by atoms with E-state index in [9.17, 15) is 136 Å². The second kappa shape index (κ2) is 60.5. The predicted octanol–water partition coefficient (Wildman–Crippen LogP) is 0.634. The summed E-state index contributed by atoms with van der Waals surface area (Å²) < 4.78 is 58.3. The summed E-state index contributed by atoms with van der Waals surface area (Å²) in [6, 6.07) is -7.03. The molecular formula is C89H158N4O37. The highest BCUT2D eigenvalue weighted by molar-refractivity contribution is 5.79. The fraction of sp³-hybridized carbons (Fsp3) is 0.899. The molecule has 5 rings (SSSR count). The minimum atomic E-state index is -3.58. The van der Waals surface area contributed by atoms with Crippen molar-refractivity contribution >= 4 is 41.5 Å². The quantitative estimate of drug-likeness (QED) is 0.0293. The number of nitrogens with one attached hydrogen (secondary N) is 4. The standard InChI is InChI=1S/C89H158N4O37/c1-6-8-10-12-14-16-18-20-21-22-23-24-25-26-27-28-29-31-33-35-37-39-41-43-66(107)93-56(57(102)42-40-38-36-34-32-30-19-17-15-13-11-9-7-2)52-121-82-75(113)74(112)77(65(51-98)123-82)124-83-76(114)81(71(109)62(48-95)122-83)130-89(86(119)120)46-60(105)69(92-55(5)101)80(129-89)73(111)64(50-97)126-88(85(117)118)45-59(104)68(91-54(4)100)79(128-88)72(110)63(49-96)125-87(84(115)116)44-58(103)67(90-53(3)99)78(127-87)70(108)61(106)47-94/h40,42,56-65,67-83,94-98,102-106,108-114H,6-39,41,43-52H2,1-5H3,(H,90,99)(H,91,100)(H,92,101)(H,93,107)(H,115,116)(H,117,118)(H,119,120)/b42-40+/t56-,57+,58?,59?,60?,61+,62?,63+,64+,65?,67+,68+,69+,70+,71-,72+,73+,74+,75?,76?,77+,78?,79?,80?,81-,82+,83-,87+,88+,89-/m0/s1. The molecule has 5 saturated heterocycles. The Balaban J connectivity index is 1.30. The number of carboxylic acids is 3. The molecule has 0 aliphatic carbocycles. The molecule has 130 heavy (non-hydrogen) atoms. The lowest BCUT2D eigenvalue weighted by Crippen LogP contribution is -2.72. The van der Waals surface area contributed by atoms with E-state index in [0.29, 0.717) is 12.8 Å². The Morgan fingerprint density at radius 2 is 0.769 bits per heavy atom. The van der Waals surface area contributed by atoms with E-state index >= 15 is 0 Å². The maximum atomic E-state index is 13.9. The molecular weight excluding hydrogens is 1720 g/mol. The van der Waals surface area contributed by atoms with Gasteiger partial charge in [0.1, 0.15) is 104 Å². The highest BCUT2D eigenvalue weighted by Gasteiger charge is 2.64. The van der Waals surface area contributed by atoms with Crippen LogP contribution in [0, 0.1) is 0 Å². The van der Waals surface area contributed by atoms with Crippen LogP contribution in [0.1, 0.15) is 285 Å². The molecule has 5 heterocycles. The van der Waals surface area contributed by atoms with Crippen molar-refractivity contribution in [1.82, 2.24) is 21.3 Å². The summed E-state index contributed by atoms with van der Waals surface area (Å²) in [6.07, 6.45) is -11.4. The Bertz CT molecular complexity index is 3250. The molecule has 0 aromatic rings. The first-order chi connectivity index (χ1) is 62.0. The highest BCUT2D eigenvalue weighted by atomic mass is 16.8. The van der Waals surface area contributed by atoms with Gasteiger partial charge in [0.05, 0.1) is 88.2 Å². The second-order valence-electron chi connectivity index (χ2n) is 35.7. The number of carbonyl (C=O) groups is 7. The molecule has 756 valence electrons. The summed E-state index contributed by atoms with van der Waals surface area (Å²) in [7, 11) is 0. The van der Waals surface area contributed by atoms with Crippen molar-refractivity contribution in [2.75, 3.05) is 39.6 Å². The average Bonchev–Trinajstić information content (AvgIpc) is 0.746. The van der Waals surface area contributed by atoms with E-state index in [1.165, 1.54) is 154 Å². The Hall–Kier alpha value is -5.05. The average molecular weight is 1880 g/mol. The Morgan fingerprint density at radius 1 is 0.415 bits per heavy atom. The van der Waals surface area contributed by atoms with Crippen LogP contribution in [0.5, 0.6) is 0 Å². The lowest BCUT2D eigenvalue weighted by molar-refractivity contribution is -0.388. The zero-order valence-electron chi connectivity index (χ0n) is 76.4. The van der Waals surface area contributed by atoms with E-state index in [-0.39, 0.29) is 6.42 Å². The molecule has 0 spiro atoms. The van der Waals surface area contributed by atoms with Crippen molar-refractivity contribution in [1.29, 1.82) is 0 Å². The Morgan fingerprint density at radius 3 is 1.13 bits per heavy atom.